The molecule has 0 spiro atoms. The third kappa shape index (κ3) is 5.61. The summed E-state index contributed by atoms with van der Waals surface area (Å²) in [7, 11) is -3.84. The lowest BCUT2D eigenvalue weighted by Gasteiger charge is -2.09. The number of nitrogens with one attached hydrogen (secondary N) is 2. The van der Waals surface area contributed by atoms with E-state index in [1.165, 1.54) is 12.1 Å². The summed E-state index contributed by atoms with van der Waals surface area (Å²) in [4.78, 5) is 16.4. The predicted molar refractivity (Wildman–Crippen MR) is 112 cm³/mol. The number of aromatic nitrogens is 1. The van der Waals surface area contributed by atoms with E-state index in [1.807, 2.05) is 31.2 Å². The molecule has 0 radical (unpaired) electrons. The third-order valence-corrected chi connectivity index (χ3v) is 6.47. The van der Waals surface area contributed by atoms with Crippen LogP contribution in [0.2, 0.25) is 0 Å². The Hall–Kier alpha value is -2.78. The summed E-state index contributed by atoms with van der Waals surface area (Å²) in [6.45, 7) is 2.02. The Bertz CT molecular complexity index is 1100. The molecule has 2 aromatic carbocycles. The van der Waals surface area contributed by atoms with Gasteiger partial charge in [-0.25, -0.2) is 17.8 Å². The molecular formula is C20H20FN3O3S2. The molecule has 0 saturated carbocycles. The average Bonchev–Trinajstić information content (AvgIpc) is 3.14. The van der Waals surface area contributed by atoms with Gasteiger partial charge in [-0.3, -0.25) is 9.52 Å². The number of anilines is 2. The fraction of sp³-hybridized carbons (Fsp3) is 0.200. The third-order valence-electron chi connectivity index (χ3n) is 4.18. The van der Waals surface area contributed by atoms with Crippen LogP contribution in [0.4, 0.5) is 15.2 Å². The number of benzene rings is 2. The van der Waals surface area contributed by atoms with Crippen molar-refractivity contribution in [3.05, 3.63) is 71.0 Å². The summed E-state index contributed by atoms with van der Waals surface area (Å²) in [6, 6.07) is 12.2. The van der Waals surface area contributed by atoms with Crippen molar-refractivity contribution in [3.8, 4) is 0 Å². The van der Waals surface area contributed by atoms with Crippen molar-refractivity contribution in [3.63, 3.8) is 0 Å². The van der Waals surface area contributed by atoms with Gasteiger partial charge in [0.1, 0.15) is 5.82 Å². The molecule has 3 rings (SSSR count). The Labute approximate surface area is 172 Å². The molecular weight excluding hydrogens is 413 g/mol. The van der Waals surface area contributed by atoms with Crippen molar-refractivity contribution >= 4 is 38.1 Å². The van der Waals surface area contributed by atoms with Crippen LogP contribution >= 0.6 is 11.3 Å². The normalized spacial score (nSPS) is 11.2. The zero-order valence-electron chi connectivity index (χ0n) is 15.7. The van der Waals surface area contributed by atoms with Crippen LogP contribution in [0, 0.1) is 5.82 Å². The summed E-state index contributed by atoms with van der Waals surface area (Å²) in [5, 5.41) is 4.80. The fourth-order valence-corrected chi connectivity index (χ4v) is 4.66. The lowest BCUT2D eigenvalue weighted by atomic mass is 10.1. The summed E-state index contributed by atoms with van der Waals surface area (Å²) >= 11 is 1.13. The Morgan fingerprint density at radius 1 is 1.14 bits per heavy atom. The van der Waals surface area contributed by atoms with E-state index in [0.29, 0.717) is 12.1 Å². The van der Waals surface area contributed by atoms with Crippen LogP contribution < -0.4 is 10.0 Å². The number of amides is 1. The van der Waals surface area contributed by atoms with Crippen LogP contribution in [0.3, 0.4) is 0 Å². The number of halogens is 1. The van der Waals surface area contributed by atoms with Crippen molar-refractivity contribution in [2.24, 2.45) is 0 Å². The molecule has 1 heterocycles. The Morgan fingerprint density at radius 2 is 1.86 bits per heavy atom. The van der Waals surface area contributed by atoms with Gasteiger partial charge in [0.2, 0.25) is 5.91 Å². The minimum Gasteiger partial charge on any atom is -0.326 e. The lowest BCUT2D eigenvalue weighted by molar-refractivity contribution is -0.116. The van der Waals surface area contributed by atoms with E-state index in [-0.39, 0.29) is 22.4 Å². The molecule has 3 aromatic rings. The molecule has 0 aliphatic heterocycles. The number of nitrogens with zero attached hydrogens (tertiary/aromatic N) is 1. The first-order chi connectivity index (χ1) is 13.9. The molecule has 2 N–H and O–H groups in total. The number of rotatable bonds is 8. The van der Waals surface area contributed by atoms with Crippen LogP contribution in [0.5, 0.6) is 0 Å². The first kappa shape index (κ1) is 20.9. The van der Waals surface area contributed by atoms with Crippen molar-refractivity contribution in [2.75, 3.05) is 10.0 Å². The molecule has 29 heavy (non-hydrogen) atoms. The number of sulfonamides is 1. The van der Waals surface area contributed by atoms with E-state index in [2.05, 4.69) is 15.0 Å². The molecule has 9 heteroatoms. The quantitative estimate of drug-likeness (QED) is 0.557. The molecule has 0 bridgehead atoms. The number of carbonyl (C=O) groups excluding carboxylic acids is 1. The van der Waals surface area contributed by atoms with Gasteiger partial charge in [-0.05, 0) is 48.7 Å². The molecule has 0 atom stereocenters. The Morgan fingerprint density at radius 3 is 2.59 bits per heavy atom. The summed E-state index contributed by atoms with van der Waals surface area (Å²) in [6.07, 6.45) is 1.43. The number of para-hydroxylation sites is 1. The van der Waals surface area contributed by atoms with E-state index in [9.17, 15) is 17.6 Å². The van der Waals surface area contributed by atoms with Gasteiger partial charge in [0.05, 0.1) is 10.6 Å². The van der Waals surface area contributed by atoms with Crippen LogP contribution in [0.15, 0.2) is 58.8 Å². The summed E-state index contributed by atoms with van der Waals surface area (Å²) < 4.78 is 40.0. The molecule has 0 unspecified atom stereocenters. The highest BCUT2D eigenvalue weighted by Gasteiger charge is 2.16. The predicted octanol–water partition coefficient (Wildman–Crippen LogP) is 4.22. The smallest absolute Gasteiger partial charge is 0.263 e. The monoisotopic (exact) mass is 433 g/mol. The van der Waals surface area contributed by atoms with Crippen LogP contribution in [-0.4, -0.2) is 19.3 Å². The minimum absolute atomic E-state index is 0.0513. The van der Waals surface area contributed by atoms with Gasteiger partial charge in [-0.2, -0.15) is 0 Å². The second kappa shape index (κ2) is 9.15. The van der Waals surface area contributed by atoms with Gasteiger partial charge in [0, 0.05) is 17.5 Å². The number of thiazole rings is 1. The largest absolute Gasteiger partial charge is 0.326 e. The summed E-state index contributed by atoms with van der Waals surface area (Å²) in [5.74, 6) is -0.646. The second-order valence-electron chi connectivity index (χ2n) is 6.26. The SMILES string of the molecule is CCc1ccccc1NC(=O)CCc1csc(NS(=O)(=O)c2ccc(F)cc2)n1. The van der Waals surface area contributed by atoms with Crippen LogP contribution in [0.25, 0.3) is 0 Å². The first-order valence-corrected chi connectivity index (χ1v) is 11.3. The highest BCUT2D eigenvalue weighted by Crippen LogP contribution is 2.21. The maximum absolute atomic E-state index is 13.0. The highest BCUT2D eigenvalue weighted by molar-refractivity contribution is 7.93. The summed E-state index contributed by atoms with van der Waals surface area (Å²) in [5.41, 5.74) is 2.48. The van der Waals surface area contributed by atoms with E-state index in [4.69, 9.17) is 0 Å². The van der Waals surface area contributed by atoms with Gasteiger partial charge in [-0.1, -0.05) is 25.1 Å². The van der Waals surface area contributed by atoms with Crippen molar-refractivity contribution in [2.45, 2.75) is 31.1 Å². The number of hydrogen-bond donors (Lipinski definition) is 2. The highest BCUT2D eigenvalue weighted by atomic mass is 32.2. The first-order valence-electron chi connectivity index (χ1n) is 8.98. The molecule has 6 nitrogen and oxygen atoms in total. The van der Waals surface area contributed by atoms with Gasteiger partial charge in [-0.15, -0.1) is 11.3 Å². The fourth-order valence-electron chi connectivity index (χ4n) is 2.66. The maximum atomic E-state index is 13.0. The minimum atomic E-state index is -3.84. The van der Waals surface area contributed by atoms with Crippen molar-refractivity contribution in [1.29, 1.82) is 0 Å². The number of hydrogen-bond acceptors (Lipinski definition) is 5. The number of carbonyl (C=O) groups is 1. The average molecular weight is 434 g/mol. The van der Waals surface area contributed by atoms with E-state index < -0.39 is 15.8 Å². The second-order valence-corrected chi connectivity index (χ2v) is 8.80. The lowest BCUT2D eigenvalue weighted by Crippen LogP contribution is -2.14. The molecule has 1 aromatic heterocycles. The van der Waals surface area contributed by atoms with Crippen molar-refractivity contribution < 1.29 is 17.6 Å². The van der Waals surface area contributed by atoms with Gasteiger partial charge < -0.3 is 5.32 Å². The Kier molecular flexibility index (Phi) is 6.60. The van der Waals surface area contributed by atoms with Crippen molar-refractivity contribution in [1.82, 2.24) is 4.98 Å². The molecule has 1 amide bonds. The van der Waals surface area contributed by atoms with Gasteiger partial charge >= 0.3 is 0 Å². The van der Waals surface area contributed by atoms with Gasteiger partial charge in [0.25, 0.3) is 10.0 Å². The molecule has 0 aliphatic rings. The maximum Gasteiger partial charge on any atom is 0.263 e. The van der Waals surface area contributed by atoms with E-state index in [0.717, 1.165) is 41.1 Å². The topological polar surface area (TPSA) is 88.2 Å². The van der Waals surface area contributed by atoms with Crippen LogP contribution in [0.1, 0.15) is 24.6 Å². The van der Waals surface area contributed by atoms with E-state index in [1.54, 1.807) is 5.38 Å². The van der Waals surface area contributed by atoms with E-state index >= 15 is 0 Å². The Balaban J connectivity index is 1.57. The van der Waals surface area contributed by atoms with Gasteiger partial charge in [0.15, 0.2) is 5.13 Å². The molecule has 152 valence electrons. The van der Waals surface area contributed by atoms with Crippen LogP contribution in [-0.2, 0) is 27.7 Å². The number of aryl methyl sites for hydroxylation is 2. The zero-order valence-corrected chi connectivity index (χ0v) is 17.3. The molecule has 0 aliphatic carbocycles. The molecule has 0 fully saturated rings. The zero-order chi connectivity index (χ0) is 20.9. The molecule has 0 saturated heterocycles. The standard InChI is InChI=1S/C20H20FN3O3S2/c1-2-14-5-3-4-6-18(14)23-19(25)12-9-16-13-28-20(22-16)24-29(26,27)17-10-7-15(21)8-11-17/h3-8,10-11,13H,2,9,12H2,1H3,(H,22,24)(H,23,25).